The molecule has 0 aromatic carbocycles. The van der Waals surface area contributed by atoms with E-state index >= 15 is 0 Å². The smallest absolute Gasteiger partial charge is 0.105 e. The van der Waals surface area contributed by atoms with Crippen LogP contribution in [0.1, 0.15) is 23.2 Å². The van der Waals surface area contributed by atoms with Gasteiger partial charge in [-0.25, -0.2) is 0 Å². The maximum Gasteiger partial charge on any atom is 0.105 e. The highest BCUT2D eigenvalue weighted by Crippen LogP contribution is 2.15. The average molecular weight is 217 g/mol. The van der Waals surface area contributed by atoms with Gasteiger partial charge in [0.1, 0.15) is 5.76 Å². The maximum atomic E-state index is 5.32. The van der Waals surface area contributed by atoms with Gasteiger partial charge >= 0.3 is 0 Å². The highest BCUT2D eigenvalue weighted by molar-refractivity contribution is 5.10. The van der Waals surface area contributed by atoms with Crippen LogP contribution in [0.15, 0.2) is 35.2 Å². The molecule has 2 aromatic heterocycles. The minimum absolute atomic E-state index is 0.138. The van der Waals surface area contributed by atoms with Crippen LogP contribution in [0.2, 0.25) is 0 Å². The van der Waals surface area contributed by atoms with Crippen LogP contribution >= 0.6 is 0 Å². The molecule has 2 heterocycles. The fourth-order valence-electron chi connectivity index (χ4n) is 1.57. The molecule has 4 nitrogen and oxygen atoms in total. The predicted octanol–water partition coefficient (Wildman–Crippen LogP) is 1.88. The fraction of sp³-hybridized carbons (Fsp3) is 0.333. The number of furan rings is 1. The summed E-state index contributed by atoms with van der Waals surface area (Å²) in [6.07, 6.45) is 6.05. The number of aromatic nitrogens is 2. The van der Waals surface area contributed by atoms with Crippen molar-refractivity contribution in [3.8, 4) is 0 Å². The zero-order valence-corrected chi connectivity index (χ0v) is 9.47. The molecule has 0 spiro atoms. The van der Waals surface area contributed by atoms with Crippen molar-refractivity contribution in [3.63, 3.8) is 0 Å². The van der Waals surface area contributed by atoms with Crippen LogP contribution in [0.3, 0.4) is 0 Å². The average Bonchev–Trinajstić information content (AvgIpc) is 2.80. The Morgan fingerprint density at radius 3 is 2.81 bits per heavy atom. The molecule has 0 aliphatic heterocycles. The van der Waals surface area contributed by atoms with Gasteiger partial charge in [-0.15, -0.1) is 0 Å². The molecule has 1 atom stereocenters. The first-order chi connectivity index (χ1) is 7.79. The SMILES string of the molecule is CNC(Cc1ccco1)c1cnc(C)cn1. The molecule has 2 aromatic rings. The molecule has 4 heteroatoms. The van der Waals surface area contributed by atoms with Gasteiger partial charge in [-0.05, 0) is 26.1 Å². The van der Waals surface area contributed by atoms with Gasteiger partial charge in [0.2, 0.25) is 0 Å². The molecule has 1 unspecified atom stereocenters. The van der Waals surface area contributed by atoms with E-state index in [1.807, 2.05) is 26.1 Å². The van der Waals surface area contributed by atoms with Gasteiger partial charge in [-0.3, -0.25) is 9.97 Å². The second-order valence-corrected chi connectivity index (χ2v) is 3.71. The summed E-state index contributed by atoms with van der Waals surface area (Å²) >= 11 is 0. The Kier molecular flexibility index (Phi) is 3.31. The maximum absolute atomic E-state index is 5.32. The van der Waals surface area contributed by atoms with Crippen molar-refractivity contribution in [3.05, 3.63) is 47.9 Å². The molecule has 2 rings (SSSR count). The molecule has 0 saturated heterocycles. The molecule has 0 aliphatic carbocycles. The van der Waals surface area contributed by atoms with Crippen molar-refractivity contribution in [1.29, 1.82) is 0 Å². The Morgan fingerprint density at radius 2 is 2.25 bits per heavy atom. The number of nitrogens with one attached hydrogen (secondary N) is 1. The van der Waals surface area contributed by atoms with Crippen LogP contribution in [-0.4, -0.2) is 17.0 Å². The third-order valence-corrected chi connectivity index (χ3v) is 2.49. The normalized spacial score (nSPS) is 12.6. The minimum atomic E-state index is 0.138. The van der Waals surface area contributed by atoms with Crippen LogP contribution in [0, 0.1) is 6.92 Å². The zero-order chi connectivity index (χ0) is 11.4. The Hall–Kier alpha value is -1.68. The molecule has 0 fully saturated rings. The van der Waals surface area contributed by atoms with Crippen LogP contribution in [0.4, 0.5) is 0 Å². The fourth-order valence-corrected chi connectivity index (χ4v) is 1.57. The van der Waals surface area contributed by atoms with E-state index < -0.39 is 0 Å². The summed E-state index contributed by atoms with van der Waals surface area (Å²) in [7, 11) is 1.91. The third-order valence-electron chi connectivity index (χ3n) is 2.49. The molecule has 0 saturated carbocycles. The van der Waals surface area contributed by atoms with Gasteiger partial charge in [0, 0.05) is 12.6 Å². The minimum Gasteiger partial charge on any atom is -0.469 e. The van der Waals surface area contributed by atoms with Crippen LogP contribution in [-0.2, 0) is 6.42 Å². The summed E-state index contributed by atoms with van der Waals surface area (Å²) in [4.78, 5) is 8.61. The Bertz CT molecular complexity index is 422. The van der Waals surface area contributed by atoms with Crippen molar-refractivity contribution in [2.24, 2.45) is 0 Å². The molecule has 0 radical (unpaired) electrons. The molecular formula is C12H15N3O. The van der Waals surface area contributed by atoms with Gasteiger partial charge in [0.25, 0.3) is 0 Å². The van der Waals surface area contributed by atoms with E-state index in [0.717, 1.165) is 23.6 Å². The highest BCUT2D eigenvalue weighted by atomic mass is 16.3. The number of hydrogen-bond donors (Lipinski definition) is 1. The lowest BCUT2D eigenvalue weighted by molar-refractivity contribution is 0.460. The topological polar surface area (TPSA) is 51.0 Å². The van der Waals surface area contributed by atoms with E-state index in [9.17, 15) is 0 Å². The number of rotatable bonds is 4. The van der Waals surface area contributed by atoms with Crippen molar-refractivity contribution in [2.45, 2.75) is 19.4 Å². The van der Waals surface area contributed by atoms with E-state index in [-0.39, 0.29) is 6.04 Å². The first kappa shape index (κ1) is 10.8. The van der Waals surface area contributed by atoms with Crippen molar-refractivity contribution in [1.82, 2.24) is 15.3 Å². The first-order valence-electron chi connectivity index (χ1n) is 5.28. The van der Waals surface area contributed by atoms with E-state index in [4.69, 9.17) is 4.42 Å². The van der Waals surface area contributed by atoms with Gasteiger partial charge < -0.3 is 9.73 Å². The van der Waals surface area contributed by atoms with Crippen LogP contribution in [0.25, 0.3) is 0 Å². The number of aryl methyl sites for hydroxylation is 1. The van der Waals surface area contributed by atoms with Gasteiger partial charge in [-0.1, -0.05) is 0 Å². The van der Waals surface area contributed by atoms with Crippen molar-refractivity contribution < 1.29 is 4.42 Å². The molecule has 0 aliphatic rings. The standard InChI is InChI=1S/C12H15N3O/c1-9-7-15-12(8-14-9)11(13-2)6-10-4-3-5-16-10/h3-5,7-8,11,13H,6H2,1-2H3. The molecular weight excluding hydrogens is 202 g/mol. The summed E-state index contributed by atoms with van der Waals surface area (Å²) in [6, 6.07) is 3.99. The van der Waals surface area contributed by atoms with Gasteiger partial charge in [0.15, 0.2) is 0 Å². The second kappa shape index (κ2) is 4.90. The predicted molar refractivity (Wildman–Crippen MR) is 61.0 cm³/mol. The van der Waals surface area contributed by atoms with Crippen LogP contribution < -0.4 is 5.32 Å². The second-order valence-electron chi connectivity index (χ2n) is 3.71. The lowest BCUT2D eigenvalue weighted by Crippen LogP contribution is -2.20. The molecule has 1 N–H and O–H groups in total. The Balaban J connectivity index is 2.13. The van der Waals surface area contributed by atoms with Crippen LogP contribution in [0.5, 0.6) is 0 Å². The summed E-state index contributed by atoms with van der Waals surface area (Å²) < 4.78 is 5.32. The lowest BCUT2D eigenvalue weighted by atomic mass is 10.1. The number of likely N-dealkylation sites (N-methyl/N-ethyl adjacent to an activating group) is 1. The van der Waals surface area contributed by atoms with Crippen molar-refractivity contribution in [2.75, 3.05) is 7.05 Å². The number of nitrogens with zero attached hydrogens (tertiary/aromatic N) is 2. The first-order valence-corrected chi connectivity index (χ1v) is 5.28. The Labute approximate surface area is 94.7 Å². The third kappa shape index (κ3) is 2.46. The largest absolute Gasteiger partial charge is 0.469 e. The summed E-state index contributed by atoms with van der Waals surface area (Å²) in [5.41, 5.74) is 1.86. The lowest BCUT2D eigenvalue weighted by Gasteiger charge is -2.13. The summed E-state index contributed by atoms with van der Waals surface area (Å²) in [5.74, 6) is 0.946. The zero-order valence-electron chi connectivity index (χ0n) is 9.47. The van der Waals surface area contributed by atoms with E-state index in [2.05, 4.69) is 15.3 Å². The molecule has 0 bridgehead atoms. The highest BCUT2D eigenvalue weighted by Gasteiger charge is 2.13. The van der Waals surface area contributed by atoms with Gasteiger partial charge in [-0.2, -0.15) is 0 Å². The molecule has 0 amide bonds. The van der Waals surface area contributed by atoms with E-state index in [0.29, 0.717) is 0 Å². The molecule has 84 valence electrons. The van der Waals surface area contributed by atoms with E-state index in [1.165, 1.54) is 0 Å². The summed E-state index contributed by atoms with van der Waals surface area (Å²) in [5, 5.41) is 3.21. The quantitative estimate of drug-likeness (QED) is 0.849. The monoisotopic (exact) mass is 217 g/mol. The summed E-state index contributed by atoms with van der Waals surface area (Å²) in [6.45, 7) is 1.93. The van der Waals surface area contributed by atoms with Gasteiger partial charge in [0.05, 0.1) is 29.9 Å². The molecule has 16 heavy (non-hydrogen) atoms. The van der Waals surface area contributed by atoms with Crippen molar-refractivity contribution >= 4 is 0 Å². The number of hydrogen-bond acceptors (Lipinski definition) is 4. The van der Waals surface area contributed by atoms with E-state index in [1.54, 1.807) is 18.7 Å². The Morgan fingerprint density at radius 1 is 1.38 bits per heavy atom.